The number of carbonyl (C=O) groups is 1. The third-order valence-electron chi connectivity index (χ3n) is 2.97. The summed E-state index contributed by atoms with van der Waals surface area (Å²) >= 11 is 0. The zero-order valence-corrected chi connectivity index (χ0v) is 10.5. The zero-order valence-electron chi connectivity index (χ0n) is 10.5. The van der Waals surface area contributed by atoms with E-state index in [-0.39, 0.29) is 5.78 Å². The minimum absolute atomic E-state index is 0.249. The topological polar surface area (TPSA) is 26.3 Å². The molecule has 2 rings (SSSR count). The molecule has 17 heavy (non-hydrogen) atoms. The molecule has 0 radical (unpaired) electrons. The number of hydrogen-bond donors (Lipinski definition) is 0. The number of benzene rings is 1. The molecule has 0 aliphatic heterocycles. The fourth-order valence-electron chi connectivity index (χ4n) is 2.00. The number of ether oxygens (including phenoxy) is 1. The van der Waals surface area contributed by atoms with Crippen molar-refractivity contribution < 1.29 is 9.53 Å². The Hall–Kier alpha value is -1.57. The summed E-state index contributed by atoms with van der Waals surface area (Å²) in [6.07, 6.45) is 4.69. The van der Waals surface area contributed by atoms with E-state index in [0.29, 0.717) is 13.0 Å². The van der Waals surface area contributed by atoms with E-state index in [9.17, 15) is 4.79 Å². The van der Waals surface area contributed by atoms with Gasteiger partial charge in [-0.2, -0.15) is 0 Å². The molecule has 0 heterocycles. The lowest BCUT2D eigenvalue weighted by Gasteiger charge is -2.15. The second kappa shape index (κ2) is 5.17. The van der Waals surface area contributed by atoms with Gasteiger partial charge < -0.3 is 4.74 Å². The minimum atomic E-state index is 0.249. The summed E-state index contributed by atoms with van der Waals surface area (Å²) in [7, 11) is 0. The van der Waals surface area contributed by atoms with E-state index >= 15 is 0 Å². The fourth-order valence-corrected chi connectivity index (χ4v) is 2.00. The van der Waals surface area contributed by atoms with Crippen LogP contribution >= 0.6 is 0 Å². The number of hydrogen-bond acceptors (Lipinski definition) is 2. The van der Waals surface area contributed by atoms with Crippen molar-refractivity contribution in [2.24, 2.45) is 0 Å². The highest BCUT2D eigenvalue weighted by molar-refractivity contribution is 5.98. The molecule has 0 bridgehead atoms. The smallest absolute Gasteiger partial charge is 0.163 e. The van der Waals surface area contributed by atoms with Crippen LogP contribution in [-0.2, 0) is 6.42 Å². The van der Waals surface area contributed by atoms with Gasteiger partial charge >= 0.3 is 0 Å². The molecule has 1 aromatic rings. The van der Waals surface area contributed by atoms with Crippen LogP contribution in [0.2, 0.25) is 0 Å². The van der Waals surface area contributed by atoms with Crippen LogP contribution in [0.4, 0.5) is 0 Å². The highest BCUT2D eigenvalue weighted by Gasteiger charge is 2.17. The second-order valence-corrected chi connectivity index (χ2v) is 4.69. The summed E-state index contributed by atoms with van der Waals surface area (Å²) in [5.74, 6) is 1.04. The first-order valence-corrected chi connectivity index (χ1v) is 6.09. The fraction of sp³-hybridized carbons (Fsp3) is 0.400. The van der Waals surface area contributed by atoms with Gasteiger partial charge in [0.25, 0.3) is 0 Å². The van der Waals surface area contributed by atoms with Crippen molar-refractivity contribution in [2.45, 2.75) is 33.1 Å². The summed E-state index contributed by atoms with van der Waals surface area (Å²) in [5.41, 5.74) is 3.25. The molecule has 90 valence electrons. The van der Waals surface area contributed by atoms with Crippen LogP contribution in [0.3, 0.4) is 0 Å². The lowest BCUT2D eigenvalue weighted by atomic mass is 9.90. The van der Waals surface area contributed by atoms with E-state index in [4.69, 9.17) is 4.74 Å². The van der Waals surface area contributed by atoms with Gasteiger partial charge in [0.15, 0.2) is 5.78 Å². The van der Waals surface area contributed by atoms with Gasteiger partial charge in [-0.1, -0.05) is 11.6 Å². The van der Waals surface area contributed by atoms with Crippen molar-refractivity contribution in [1.82, 2.24) is 0 Å². The van der Waals surface area contributed by atoms with Gasteiger partial charge in [0, 0.05) is 12.0 Å². The Balaban J connectivity index is 2.12. The Morgan fingerprint density at radius 3 is 2.94 bits per heavy atom. The van der Waals surface area contributed by atoms with Crippen LogP contribution in [0.25, 0.3) is 0 Å². The lowest BCUT2D eigenvalue weighted by molar-refractivity contribution is 0.0972. The molecule has 0 atom stereocenters. The summed E-state index contributed by atoms with van der Waals surface area (Å²) < 4.78 is 5.60. The summed E-state index contributed by atoms with van der Waals surface area (Å²) in [6, 6.07) is 5.86. The van der Waals surface area contributed by atoms with E-state index in [2.05, 4.69) is 0 Å². The Labute approximate surface area is 102 Å². The standard InChI is InChI=1S/C15H18O2/c1-11(2)8-9-17-13-7-6-12-4-3-5-15(16)14(12)10-13/h6-8,10H,3-5,9H2,1-2H3. The van der Waals surface area contributed by atoms with Gasteiger partial charge in [0.2, 0.25) is 0 Å². The van der Waals surface area contributed by atoms with Crippen molar-refractivity contribution in [1.29, 1.82) is 0 Å². The summed E-state index contributed by atoms with van der Waals surface area (Å²) in [6.45, 7) is 4.65. The van der Waals surface area contributed by atoms with Crippen molar-refractivity contribution >= 4 is 5.78 Å². The third-order valence-corrected chi connectivity index (χ3v) is 2.97. The number of allylic oxidation sites excluding steroid dienone is 1. The van der Waals surface area contributed by atoms with Gasteiger partial charge in [0.05, 0.1) is 0 Å². The average Bonchev–Trinajstić information content (AvgIpc) is 2.30. The first-order valence-electron chi connectivity index (χ1n) is 6.09. The van der Waals surface area contributed by atoms with E-state index in [1.54, 1.807) is 0 Å². The molecule has 2 heteroatoms. The number of Topliss-reactive ketones (excluding diaryl/α,β-unsaturated/α-hetero) is 1. The molecule has 0 aromatic heterocycles. The molecule has 0 unspecified atom stereocenters. The van der Waals surface area contributed by atoms with E-state index < -0.39 is 0 Å². The van der Waals surface area contributed by atoms with Crippen LogP contribution < -0.4 is 4.74 Å². The van der Waals surface area contributed by atoms with Crippen LogP contribution in [0.5, 0.6) is 5.75 Å². The molecule has 1 aromatic carbocycles. The maximum absolute atomic E-state index is 11.8. The Morgan fingerprint density at radius 1 is 1.35 bits per heavy atom. The molecule has 0 saturated carbocycles. The maximum atomic E-state index is 11.8. The molecular formula is C15H18O2. The minimum Gasteiger partial charge on any atom is -0.490 e. The van der Waals surface area contributed by atoms with Crippen molar-refractivity contribution in [3.63, 3.8) is 0 Å². The first kappa shape index (κ1) is 11.9. The Morgan fingerprint density at radius 2 is 2.18 bits per heavy atom. The number of rotatable bonds is 3. The van der Waals surface area contributed by atoms with Crippen LogP contribution in [0.1, 0.15) is 42.6 Å². The number of fused-ring (bicyclic) bond motifs is 1. The molecule has 0 fully saturated rings. The summed E-state index contributed by atoms with van der Waals surface area (Å²) in [5, 5.41) is 0. The van der Waals surface area contributed by atoms with Crippen molar-refractivity contribution in [2.75, 3.05) is 6.61 Å². The van der Waals surface area contributed by atoms with Crippen LogP contribution in [0.15, 0.2) is 29.8 Å². The van der Waals surface area contributed by atoms with Gasteiger partial charge in [-0.25, -0.2) is 0 Å². The monoisotopic (exact) mass is 230 g/mol. The molecule has 0 N–H and O–H groups in total. The number of ketones is 1. The number of carbonyl (C=O) groups excluding carboxylic acids is 1. The molecule has 0 amide bonds. The first-order chi connectivity index (χ1) is 8.16. The molecule has 2 nitrogen and oxygen atoms in total. The van der Waals surface area contributed by atoms with Gasteiger partial charge in [-0.05, 0) is 50.5 Å². The van der Waals surface area contributed by atoms with Crippen LogP contribution in [0, 0.1) is 0 Å². The quantitative estimate of drug-likeness (QED) is 0.742. The highest BCUT2D eigenvalue weighted by Crippen LogP contribution is 2.25. The van der Waals surface area contributed by atoms with Gasteiger partial charge in [-0.3, -0.25) is 4.79 Å². The Bertz CT molecular complexity index is 454. The molecule has 0 saturated heterocycles. The predicted molar refractivity (Wildman–Crippen MR) is 68.6 cm³/mol. The normalized spacial score (nSPS) is 14.1. The zero-order chi connectivity index (χ0) is 12.3. The second-order valence-electron chi connectivity index (χ2n) is 4.69. The van der Waals surface area contributed by atoms with Gasteiger partial charge in [0.1, 0.15) is 12.4 Å². The maximum Gasteiger partial charge on any atom is 0.163 e. The summed E-state index contributed by atoms with van der Waals surface area (Å²) in [4.78, 5) is 11.8. The predicted octanol–water partition coefficient (Wildman–Crippen LogP) is 3.55. The van der Waals surface area contributed by atoms with Gasteiger partial charge in [-0.15, -0.1) is 0 Å². The third kappa shape index (κ3) is 2.96. The molecule has 0 spiro atoms. The van der Waals surface area contributed by atoms with Crippen LogP contribution in [-0.4, -0.2) is 12.4 Å². The largest absolute Gasteiger partial charge is 0.490 e. The highest BCUT2D eigenvalue weighted by atomic mass is 16.5. The molecular weight excluding hydrogens is 212 g/mol. The van der Waals surface area contributed by atoms with E-state index in [0.717, 1.165) is 29.7 Å². The SMILES string of the molecule is CC(C)=CCOc1ccc2c(c1)C(=O)CCC2. The van der Waals surface area contributed by atoms with E-state index in [1.165, 1.54) is 5.57 Å². The van der Waals surface area contributed by atoms with Crippen molar-refractivity contribution in [3.05, 3.63) is 41.0 Å². The molecule has 1 aliphatic carbocycles. The molecule has 1 aliphatic rings. The average molecular weight is 230 g/mol. The Kier molecular flexibility index (Phi) is 3.62. The van der Waals surface area contributed by atoms with E-state index in [1.807, 2.05) is 38.1 Å². The van der Waals surface area contributed by atoms with Crippen molar-refractivity contribution in [3.8, 4) is 5.75 Å². The number of aryl methyl sites for hydroxylation is 1. The lowest BCUT2D eigenvalue weighted by Crippen LogP contribution is -2.10.